The first-order chi connectivity index (χ1) is 13.7. The molecule has 3 aromatic rings. The SMILES string of the molecule is O=C(c1cc(=O)[nH]c2ccccc12)N1CCC(c2nnc3n2CCNC3)CC1. The molecule has 0 spiro atoms. The molecule has 2 N–H and O–H groups in total. The van der Waals surface area contributed by atoms with Gasteiger partial charge in [-0.15, -0.1) is 10.2 Å². The molecule has 0 radical (unpaired) electrons. The summed E-state index contributed by atoms with van der Waals surface area (Å²) in [6, 6.07) is 8.85. The molecule has 8 heteroatoms. The molecule has 2 aromatic heterocycles. The van der Waals surface area contributed by atoms with Gasteiger partial charge in [0.15, 0.2) is 0 Å². The highest BCUT2D eigenvalue weighted by Crippen LogP contribution is 2.29. The Bertz CT molecular complexity index is 1090. The molecule has 0 saturated carbocycles. The van der Waals surface area contributed by atoms with E-state index in [0.29, 0.717) is 30.1 Å². The van der Waals surface area contributed by atoms with Crippen LogP contribution in [0.5, 0.6) is 0 Å². The average Bonchev–Trinajstić information content (AvgIpc) is 3.17. The Kier molecular flexibility index (Phi) is 4.20. The second-order valence-corrected chi connectivity index (χ2v) is 7.46. The smallest absolute Gasteiger partial charge is 0.254 e. The van der Waals surface area contributed by atoms with Crippen LogP contribution in [0.15, 0.2) is 35.1 Å². The molecule has 1 fully saturated rings. The number of rotatable bonds is 2. The molecule has 1 saturated heterocycles. The van der Waals surface area contributed by atoms with Gasteiger partial charge in [0.2, 0.25) is 5.56 Å². The maximum atomic E-state index is 13.1. The van der Waals surface area contributed by atoms with Gasteiger partial charge in [-0.1, -0.05) is 18.2 Å². The molecular weight excluding hydrogens is 356 g/mol. The summed E-state index contributed by atoms with van der Waals surface area (Å²) in [6.07, 6.45) is 1.72. The number of nitrogens with one attached hydrogen (secondary N) is 2. The van der Waals surface area contributed by atoms with E-state index in [1.165, 1.54) is 6.07 Å². The third kappa shape index (κ3) is 2.90. The number of benzene rings is 1. The van der Waals surface area contributed by atoms with Crippen LogP contribution in [0.3, 0.4) is 0 Å². The van der Waals surface area contributed by atoms with E-state index < -0.39 is 0 Å². The van der Waals surface area contributed by atoms with Crippen molar-refractivity contribution < 1.29 is 4.79 Å². The Hall–Kier alpha value is -3.00. The van der Waals surface area contributed by atoms with Crippen molar-refractivity contribution in [3.8, 4) is 0 Å². The first-order valence-corrected chi connectivity index (χ1v) is 9.75. The summed E-state index contributed by atoms with van der Waals surface area (Å²) < 4.78 is 2.23. The lowest BCUT2D eigenvalue weighted by Gasteiger charge is -2.32. The molecule has 2 aliphatic heterocycles. The normalized spacial score (nSPS) is 17.6. The van der Waals surface area contributed by atoms with Crippen molar-refractivity contribution in [3.05, 3.63) is 57.9 Å². The summed E-state index contributed by atoms with van der Waals surface area (Å²) in [4.78, 5) is 29.8. The average molecular weight is 378 g/mol. The van der Waals surface area contributed by atoms with E-state index in [4.69, 9.17) is 0 Å². The first kappa shape index (κ1) is 17.1. The summed E-state index contributed by atoms with van der Waals surface area (Å²) in [6.45, 7) is 3.91. The zero-order valence-electron chi connectivity index (χ0n) is 15.5. The minimum absolute atomic E-state index is 0.0757. The molecule has 4 heterocycles. The third-order valence-corrected chi connectivity index (χ3v) is 5.78. The van der Waals surface area contributed by atoms with Crippen molar-refractivity contribution in [2.75, 3.05) is 19.6 Å². The summed E-state index contributed by atoms with van der Waals surface area (Å²) in [5, 5.41) is 12.8. The number of para-hydroxylation sites is 1. The van der Waals surface area contributed by atoms with Crippen molar-refractivity contribution >= 4 is 16.8 Å². The minimum atomic E-state index is -0.249. The van der Waals surface area contributed by atoms with Gasteiger partial charge >= 0.3 is 0 Å². The molecule has 2 aliphatic rings. The molecule has 0 aliphatic carbocycles. The van der Waals surface area contributed by atoms with Crippen LogP contribution in [0.4, 0.5) is 0 Å². The predicted octanol–water partition coefficient (Wildman–Crippen LogP) is 1.24. The van der Waals surface area contributed by atoms with E-state index in [1.54, 1.807) is 0 Å². The quantitative estimate of drug-likeness (QED) is 0.700. The van der Waals surface area contributed by atoms with E-state index in [1.807, 2.05) is 29.2 Å². The number of fused-ring (bicyclic) bond motifs is 2. The Morgan fingerprint density at radius 3 is 2.79 bits per heavy atom. The van der Waals surface area contributed by atoms with E-state index in [-0.39, 0.29) is 11.5 Å². The summed E-state index contributed by atoms with van der Waals surface area (Å²) >= 11 is 0. The number of hydrogen-bond acceptors (Lipinski definition) is 5. The Morgan fingerprint density at radius 2 is 1.93 bits per heavy atom. The monoisotopic (exact) mass is 378 g/mol. The van der Waals surface area contributed by atoms with E-state index in [0.717, 1.165) is 49.5 Å². The molecule has 0 bridgehead atoms. The standard InChI is InChI=1S/C20H22N6O2/c27-18-11-15(14-3-1-2-4-16(14)22-18)20(28)25-8-5-13(6-9-25)19-24-23-17-12-21-7-10-26(17)19/h1-4,11,13,21H,5-10,12H2,(H,22,27). The molecule has 0 atom stereocenters. The zero-order chi connectivity index (χ0) is 19.1. The molecule has 5 rings (SSSR count). The number of aromatic nitrogens is 4. The summed E-state index contributed by atoms with van der Waals surface area (Å²) in [5.41, 5.74) is 0.918. The van der Waals surface area contributed by atoms with Crippen molar-refractivity contribution in [1.29, 1.82) is 0 Å². The van der Waals surface area contributed by atoms with Crippen LogP contribution in [0.25, 0.3) is 10.9 Å². The van der Waals surface area contributed by atoms with E-state index in [9.17, 15) is 9.59 Å². The number of nitrogens with zero attached hydrogens (tertiary/aromatic N) is 4. The number of H-pyrrole nitrogens is 1. The third-order valence-electron chi connectivity index (χ3n) is 5.78. The zero-order valence-corrected chi connectivity index (χ0v) is 15.5. The van der Waals surface area contributed by atoms with Gasteiger partial charge in [0.25, 0.3) is 5.91 Å². The number of likely N-dealkylation sites (tertiary alicyclic amines) is 1. The lowest BCUT2D eigenvalue weighted by molar-refractivity contribution is 0.0712. The van der Waals surface area contributed by atoms with Gasteiger partial charge in [0.1, 0.15) is 11.6 Å². The first-order valence-electron chi connectivity index (χ1n) is 9.75. The van der Waals surface area contributed by atoms with Crippen LogP contribution in [0, 0.1) is 0 Å². The summed E-state index contributed by atoms with van der Waals surface area (Å²) in [7, 11) is 0. The highest BCUT2D eigenvalue weighted by molar-refractivity contribution is 6.05. The van der Waals surface area contributed by atoms with Gasteiger partial charge in [0, 0.05) is 49.1 Å². The topological polar surface area (TPSA) is 95.9 Å². The Balaban J connectivity index is 1.36. The fraction of sp³-hybridized carbons (Fsp3) is 0.400. The molecule has 28 heavy (non-hydrogen) atoms. The van der Waals surface area contributed by atoms with Crippen LogP contribution in [-0.2, 0) is 13.1 Å². The number of piperidine rings is 1. The number of amides is 1. The Morgan fingerprint density at radius 1 is 1.11 bits per heavy atom. The number of pyridine rings is 1. The van der Waals surface area contributed by atoms with E-state index >= 15 is 0 Å². The minimum Gasteiger partial charge on any atom is -0.339 e. The van der Waals surface area contributed by atoms with Crippen molar-refractivity contribution in [1.82, 2.24) is 30.0 Å². The van der Waals surface area contributed by atoms with Gasteiger partial charge < -0.3 is 19.8 Å². The number of carbonyl (C=O) groups is 1. The van der Waals surface area contributed by atoms with Gasteiger partial charge in [-0.2, -0.15) is 0 Å². The van der Waals surface area contributed by atoms with Crippen molar-refractivity contribution in [2.24, 2.45) is 0 Å². The van der Waals surface area contributed by atoms with Gasteiger partial charge in [-0.05, 0) is 18.9 Å². The van der Waals surface area contributed by atoms with Crippen LogP contribution >= 0.6 is 0 Å². The molecule has 0 unspecified atom stereocenters. The molecule has 1 amide bonds. The van der Waals surface area contributed by atoms with Gasteiger partial charge in [-0.25, -0.2) is 0 Å². The maximum Gasteiger partial charge on any atom is 0.254 e. The van der Waals surface area contributed by atoms with Gasteiger partial charge in [-0.3, -0.25) is 9.59 Å². The fourth-order valence-electron chi connectivity index (χ4n) is 4.31. The lowest BCUT2D eigenvalue weighted by Crippen LogP contribution is -2.39. The van der Waals surface area contributed by atoms with Crippen LogP contribution in [-0.4, -0.2) is 50.2 Å². The second kappa shape index (κ2) is 6.87. The van der Waals surface area contributed by atoms with Crippen LogP contribution in [0.1, 0.15) is 40.8 Å². The Labute approximate surface area is 161 Å². The second-order valence-electron chi connectivity index (χ2n) is 7.46. The predicted molar refractivity (Wildman–Crippen MR) is 104 cm³/mol. The number of hydrogen-bond donors (Lipinski definition) is 2. The fourth-order valence-corrected chi connectivity index (χ4v) is 4.31. The number of carbonyl (C=O) groups excluding carboxylic acids is 1. The van der Waals surface area contributed by atoms with Crippen LogP contribution < -0.4 is 10.9 Å². The highest BCUT2D eigenvalue weighted by atomic mass is 16.2. The highest BCUT2D eigenvalue weighted by Gasteiger charge is 2.29. The lowest BCUT2D eigenvalue weighted by atomic mass is 9.95. The molecular formula is C20H22N6O2. The number of aromatic amines is 1. The maximum absolute atomic E-state index is 13.1. The van der Waals surface area contributed by atoms with Crippen LogP contribution in [0.2, 0.25) is 0 Å². The van der Waals surface area contributed by atoms with E-state index in [2.05, 4.69) is 25.1 Å². The van der Waals surface area contributed by atoms with Crippen molar-refractivity contribution in [3.63, 3.8) is 0 Å². The molecule has 1 aromatic carbocycles. The molecule has 8 nitrogen and oxygen atoms in total. The molecule has 144 valence electrons. The summed E-state index contributed by atoms with van der Waals surface area (Å²) in [5.74, 6) is 2.28. The van der Waals surface area contributed by atoms with Gasteiger partial charge in [0.05, 0.1) is 12.1 Å². The largest absolute Gasteiger partial charge is 0.339 e. The van der Waals surface area contributed by atoms with Crippen molar-refractivity contribution in [2.45, 2.75) is 31.8 Å².